The van der Waals surface area contributed by atoms with Crippen molar-refractivity contribution >= 4 is 5.91 Å². The molecule has 112 valence electrons. The van der Waals surface area contributed by atoms with Crippen LogP contribution in [0.1, 0.15) is 56.3 Å². The zero-order chi connectivity index (χ0) is 14.4. The third-order valence-electron chi connectivity index (χ3n) is 4.39. The molecule has 0 spiro atoms. The first-order valence-electron chi connectivity index (χ1n) is 7.81. The monoisotopic (exact) mass is 278 g/mol. The minimum Gasteiger partial charge on any atom is -0.472 e. The molecule has 4 heteroatoms. The van der Waals surface area contributed by atoms with E-state index in [4.69, 9.17) is 4.42 Å². The van der Waals surface area contributed by atoms with Gasteiger partial charge in [0.05, 0.1) is 11.8 Å². The summed E-state index contributed by atoms with van der Waals surface area (Å²) >= 11 is 0. The third kappa shape index (κ3) is 3.85. The standard InChI is InChI=1S/C16H26N2O2/c1-3-18(4-2)15-7-5-6-14(8-9-15)17-16(19)13-10-11-20-12-13/h10-12,14-15H,3-9H2,1-2H3,(H,17,19). The highest BCUT2D eigenvalue weighted by atomic mass is 16.3. The zero-order valence-corrected chi connectivity index (χ0v) is 12.6. The summed E-state index contributed by atoms with van der Waals surface area (Å²) in [5.41, 5.74) is 0.620. The maximum absolute atomic E-state index is 12.0. The van der Waals surface area contributed by atoms with Crippen LogP contribution in [0.25, 0.3) is 0 Å². The van der Waals surface area contributed by atoms with E-state index in [0.717, 1.165) is 25.9 Å². The molecule has 0 aliphatic heterocycles. The van der Waals surface area contributed by atoms with Gasteiger partial charge in [0, 0.05) is 12.1 Å². The van der Waals surface area contributed by atoms with Crippen LogP contribution >= 0.6 is 0 Å². The fourth-order valence-corrected chi connectivity index (χ4v) is 3.19. The van der Waals surface area contributed by atoms with Crippen LogP contribution in [-0.4, -0.2) is 36.0 Å². The number of hydrogen-bond donors (Lipinski definition) is 1. The van der Waals surface area contributed by atoms with Crippen LogP contribution in [0.15, 0.2) is 23.0 Å². The molecule has 1 heterocycles. The van der Waals surface area contributed by atoms with E-state index >= 15 is 0 Å². The highest BCUT2D eigenvalue weighted by molar-refractivity contribution is 5.93. The van der Waals surface area contributed by atoms with Crippen LogP contribution in [0.2, 0.25) is 0 Å². The Morgan fingerprint density at radius 2 is 2.10 bits per heavy atom. The Kier molecular flexibility index (Phi) is 5.65. The SMILES string of the molecule is CCN(CC)C1CCCC(NC(=O)c2ccoc2)CC1. The molecule has 0 aromatic carbocycles. The Bertz CT molecular complexity index is 399. The van der Waals surface area contributed by atoms with Gasteiger partial charge >= 0.3 is 0 Å². The van der Waals surface area contributed by atoms with E-state index in [1.165, 1.54) is 25.5 Å². The van der Waals surface area contributed by atoms with E-state index in [1.807, 2.05) is 0 Å². The van der Waals surface area contributed by atoms with Crippen molar-refractivity contribution in [3.05, 3.63) is 24.2 Å². The van der Waals surface area contributed by atoms with E-state index in [1.54, 1.807) is 12.3 Å². The molecule has 0 saturated heterocycles. The molecule has 4 nitrogen and oxygen atoms in total. The molecule has 1 aromatic rings. The Labute approximate surface area is 121 Å². The molecule has 1 N–H and O–H groups in total. The van der Waals surface area contributed by atoms with Crippen molar-refractivity contribution in [2.45, 2.75) is 58.0 Å². The van der Waals surface area contributed by atoms with Gasteiger partial charge < -0.3 is 14.6 Å². The molecular formula is C16H26N2O2. The van der Waals surface area contributed by atoms with Crippen LogP contribution in [0, 0.1) is 0 Å². The first-order chi connectivity index (χ1) is 9.74. The van der Waals surface area contributed by atoms with Crippen LogP contribution in [0.4, 0.5) is 0 Å². The quantitative estimate of drug-likeness (QED) is 0.842. The molecule has 2 unspecified atom stereocenters. The molecule has 1 saturated carbocycles. The van der Waals surface area contributed by atoms with Crippen molar-refractivity contribution in [2.75, 3.05) is 13.1 Å². The summed E-state index contributed by atoms with van der Waals surface area (Å²) in [5, 5.41) is 3.14. The van der Waals surface area contributed by atoms with Gasteiger partial charge in [0.1, 0.15) is 6.26 Å². The molecule has 1 aliphatic rings. The first kappa shape index (κ1) is 15.1. The Balaban J connectivity index is 1.85. The summed E-state index contributed by atoms with van der Waals surface area (Å²) in [6.45, 7) is 6.69. The van der Waals surface area contributed by atoms with Gasteiger partial charge in [-0.15, -0.1) is 0 Å². The number of nitrogens with one attached hydrogen (secondary N) is 1. The van der Waals surface area contributed by atoms with Gasteiger partial charge in [-0.2, -0.15) is 0 Å². The van der Waals surface area contributed by atoms with Crippen molar-refractivity contribution in [3.8, 4) is 0 Å². The first-order valence-corrected chi connectivity index (χ1v) is 7.81. The van der Waals surface area contributed by atoms with Gasteiger partial charge in [-0.05, 0) is 51.3 Å². The maximum Gasteiger partial charge on any atom is 0.254 e. The van der Waals surface area contributed by atoms with Gasteiger partial charge in [-0.25, -0.2) is 0 Å². The van der Waals surface area contributed by atoms with Crippen LogP contribution in [-0.2, 0) is 0 Å². The molecule has 1 aliphatic carbocycles. The largest absolute Gasteiger partial charge is 0.472 e. The number of carbonyl (C=O) groups excluding carboxylic acids is 1. The molecule has 20 heavy (non-hydrogen) atoms. The maximum atomic E-state index is 12.0. The molecule has 0 radical (unpaired) electrons. The van der Waals surface area contributed by atoms with E-state index in [2.05, 4.69) is 24.1 Å². The van der Waals surface area contributed by atoms with E-state index in [-0.39, 0.29) is 5.91 Å². The predicted molar refractivity (Wildman–Crippen MR) is 79.8 cm³/mol. The lowest BCUT2D eigenvalue weighted by molar-refractivity contribution is 0.0932. The molecule has 2 rings (SSSR count). The molecule has 1 aromatic heterocycles. The van der Waals surface area contributed by atoms with Crippen molar-refractivity contribution in [2.24, 2.45) is 0 Å². The Hall–Kier alpha value is -1.29. The van der Waals surface area contributed by atoms with E-state index in [9.17, 15) is 4.79 Å². The van der Waals surface area contributed by atoms with E-state index < -0.39 is 0 Å². The van der Waals surface area contributed by atoms with Gasteiger partial charge in [0.25, 0.3) is 5.91 Å². The normalized spacial score (nSPS) is 23.6. The van der Waals surface area contributed by atoms with Crippen LogP contribution < -0.4 is 5.32 Å². The number of amides is 1. The highest BCUT2D eigenvalue weighted by Crippen LogP contribution is 2.22. The minimum atomic E-state index is -0.00922. The van der Waals surface area contributed by atoms with Gasteiger partial charge in [0.15, 0.2) is 0 Å². The minimum absolute atomic E-state index is 0.00922. The number of nitrogens with zero attached hydrogens (tertiary/aromatic N) is 1. The van der Waals surface area contributed by atoms with Crippen molar-refractivity contribution < 1.29 is 9.21 Å². The number of rotatable bonds is 5. The summed E-state index contributed by atoms with van der Waals surface area (Å²) in [6, 6.07) is 2.70. The Morgan fingerprint density at radius 3 is 2.75 bits per heavy atom. The highest BCUT2D eigenvalue weighted by Gasteiger charge is 2.23. The number of furan rings is 1. The fraction of sp³-hybridized carbons (Fsp3) is 0.688. The smallest absolute Gasteiger partial charge is 0.254 e. The van der Waals surface area contributed by atoms with Crippen molar-refractivity contribution in [1.82, 2.24) is 10.2 Å². The Morgan fingerprint density at radius 1 is 1.30 bits per heavy atom. The molecule has 2 atom stereocenters. The summed E-state index contributed by atoms with van der Waals surface area (Å²) in [5.74, 6) is -0.00922. The number of hydrogen-bond acceptors (Lipinski definition) is 3. The summed E-state index contributed by atoms with van der Waals surface area (Å²) in [6.07, 6.45) is 8.82. The van der Waals surface area contributed by atoms with E-state index in [0.29, 0.717) is 17.6 Å². The second-order valence-electron chi connectivity index (χ2n) is 5.57. The van der Waals surface area contributed by atoms with Gasteiger partial charge in [0.2, 0.25) is 0 Å². The molecule has 1 amide bonds. The van der Waals surface area contributed by atoms with Crippen molar-refractivity contribution in [3.63, 3.8) is 0 Å². The number of carbonyl (C=O) groups is 1. The zero-order valence-electron chi connectivity index (χ0n) is 12.6. The molecule has 0 bridgehead atoms. The third-order valence-corrected chi connectivity index (χ3v) is 4.39. The van der Waals surface area contributed by atoms with Crippen LogP contribution in [0.3, 0.4) is 0 Å². The van der Waals surface area contributed by atoms with Crippen LogP contribution in [0.5, 0.6) is 0 Å². The van der Waals surface area contributed by atoms with Gasteiger partial charge in [-0.1, -0.05) is 13.8 Å². The second-order valence-corrected chi connectivity index (χ2v) is 5.57. The summed E-state index contributed by atoms with van der Waals surface area (Å²) in [7, 11) is 0. The second kappa shape index (κ2) is 7.48. The fourth-order valence-electron chi connectivity index (χ4n) is 3.19. The topological polar surface area (TPSA) is 45.5 Å². The molecular weight excluding hydrogens is 252 g/mol. The lowest BCUT2D eigenvalue weighted by Crippen LogP contribution is -2.36. The van der Waals surface area contributed by atoms with Crippen molar-refractivity contribution in [1.29, 1.82) is 0 Å². The average Bonchev–Trinajstić information content (AvgIpc) is 2.90. The summed E-state index contributed by atoms with van der Waals surface area (Å²) in [4.78, 5) is 14.6. The molecule has 1 fully saturated rings. The summed E-state index contributed by atoms with van der Waals surface area (Å²) < 4.78 is 4.96. The van der Waals surface area contributed by atoms with Gasteiger partial charge in [-0.3, -0.25) is 4.79 Å². The lowest BCUT2D eigenvalue weighted by atomic mass is 10.1. The lowest BCUT2D eigenvalue weighted by Gasteiger charge is -2.28. The average molecular weight is 278 g/mol. The predicted octanol–water partition coefficient (Wildman–Crippen LogP) is 3.05.